The van der Waals surface area contributed by atoms with E-state index in [1.165, 1.54) is 0 Å². The van der Waals surface area contributed by atoms with Crippen LogP contribution in [0.15, 0.2) is 41.8 Å². The number of fused-ring (bicyclic) bond motifs is 3. The molecule has 0 aliphatic heterocycles. The smallest absolute Gasteiger partial charge is 0.359 e. The standard InChI is InChI=1S/C11H9N3OS/c1-16(15)11-12-6-10-9-5-3-2-4-8(9)7-14(10)13-11/h2-7H,1H3. The predicted octanol–water partition coefficient (Wildman–Crippen LogP) is 1.62. The molecule has 0 saturated carbocycles. The molecule has 2 heterocycles. The lowest BCUT2D eigenvalue weighted by Crippen LogP contribution is -2.06. The lowest BCUT2D eigenvalue weighted by atomic mass is 10.2. The fraction of sp³-hybridized carbons (Fsp3) is 0.0909. The van der Waals surface area contributed by atoms with Crippen LogP contribution in [0.5, 0.6) is 0 Å². The molecule has 0 fully saturated rings. The second-order valence-corrected chi connectivity index (χ2v) is 4.81. The van der Waals surface area contributed by atoms with Gasteiger partial charge in [-0.25, -0.2) is 4.52 Å². The Hall–Kier alpha value is -1.59. The molecule has 1 atom stereocenters. The van der Waals surface area contributed by atoms with Gasteiger partial charge in [0.1, 0.15) is 6.26 Å². The van der Waals surface area contributed by atoms with Crippen LogP contribution < -0.4 is 0 Å². The Balaban J connectivity index is 2.37. The zero-order valence-electron chi connectivity index (χ0n) is 8.62. The molecule has 3 rings (SSSR count). The zero-order valence-corrected chi connectivity index (χ0v) is 9.44. The monoisotopic (exact) mass is 231 g/mol. The van der Waals surface area contributed by atoms with Gasteiger partial charge < -0.3 is 4.55 Å². The third-order valence-corrected chi connectivity index (χ3v) is 3.19. The summed E-state index contributed by atoms with van der Waals surface area (Å²) in [7, 11) is 0. The van der Waals surface area contributed by atoms with Crippen molar-refractivity contribution in [3.05, 3.63) is 36.7 Å². The Bertz CT molecular complexity index is 662. The van der Waals surface area contributed by atoms with E-state index in [1.54, 1.807) is 17.0 Å². The molecule has 0 radical (unpaired) electrons. The predicted molar refractivity (Wildman–Crippen MR) is 62.8 cm³/mol. The van der Waals surface area contributed by atoms with Crippen molar-refractivity contribution in [2.75, 3.05) is 6.26 Å². The fourth-order valence-corrected chi connectivity index (χ4v) is 2.15. The maximum absolute atomic E-state index is 11.3. The van der Waals surface area contributed by atoms with Crippen molar-refractivity contribution in [2.24, 2.45) is 0 Å². The molecule has 0 amide bonds. The van der Waals surface area contributed by atoms with Gasteiger partial charge in [0.15, 0.2) is 0 Å². The summed E-state index contributed by atoms with van der Waals surface area (Å²) in [6.45, 7) is 0. The molecule has 1 unspecified atom stereocenters. The number of rotatable bonds is 1. The summed E-state index contributed by atoms with van der Waals surface area (Å²) in [6.07, 6.45) is 5.21. The van der Waals surface area contributed by atoms with E-state index in [0.717, 1.165) is 16.3 Å². The Labute approximate surface area is 95.1 Å². The molecule has 0 bridgehead atoms. The maximum atomic E-state index is 11.3. The van der Waals surface area contributed by atoms with Crippen LogP contribution in [0, 0.1) is 0 Å². The van der Waals surface area contributed by atoms with Gasteiger partial charge in [0.05, 0.1) is 11.7 Å². The van der Waals surface area contributed by atoms with E-state index in [1.807, 2.05) is 30.5 Å². The Kier molecular flexibility index (Phi) is 2.08. The van der Waals surface area contributed by atoms with Crippen molar-refractivity contribution in [1.29, 1.82) is 0 Å². The van der Waals surface area contributed by atoms with E-state index in [9.17, 15) is 4.55 Å². The first-order chi connectivity index (χ1) is 7.75. The van der Waals surface area contributed by atoms with Crippen LogP contribution in [0.25, 0.3) is 16.3 Å². The maximum Gasteiger partial charge on any atom is 0.359 e. The minimum absolute atomic E-state index is 0.354. The number of benzene rings is 1. The molecule has 0 saturated heterocycles. The van der Waals surface area contributed by atoms with Crippen LogP contribution in [0.4, 0.5) is 0 Å². The molecule has 16 heavy (non-hydrogen) atoms. The molecule has 1 aromatic carbocycles. The molecule has 0 aliphatic rings. The average molecular weight is 231 g/mol. The number of aromatic nitrogens is 3. The van der Waals surface area contributed by atoms with Gasteiger partial charge in [-0.3, -0.25) is 0 Å². The minimum Gasteiger partial charge on any atom is -0.609 e. The summed E-state index contributed by atoms with van der Waals surface area (Å²) in [4.78, 5) is 4.10. The van der Waals surface area contributed by atoms with Crippen molar-refractivity contribution < 1.29 is 4.55 Å². The van der Waals surface area contributed by atoms with Crippen LogP contribution in [0.2, 0.25) is 0 Å². The van der Waals surface area contributed by atoms with Crippen LogP contribution >= 0.6 is 0 Å². The summed E-state index contributed by atoms with van der Waals surface area (Å²) in [5.74, 6) is 0. The first-order valence-electron chi connectivity index (χ1n) is 4.82. The van der Waals surface area contributed by atoms with Crippen molar-refractivity contribution in [3.63, 3.8) is 0 Å². The number of hydrogen-bond acceptors (Lipinski definition) is 3. The quantitative estimate of drug-likeness (QED) is 0.598. The molecular weight excluding hydrogens is 222 g/mol. The summed E-state index contributed by atoms with van der Waals surface area (Å²) in [6, 6.07) is 8.01. The highest BCUT2D eigenvalue weighted by Crippen LogP contribution is 2.20. The second kappa shape index (κ2) is 3.47. The van der Waals surface area contributed by atoms with Crippen LogP contribution in [0.3, 0.4) is 0 Å². The van der Waals surface area contributed by atoms with Gasteiger partial charge in [-0.15, -0.1) is 0 Å². The normalized spacial score (nSPS) is 13.4. The molecule has 5 heteroatoms. The fourth-order valence-electron chi connectivity index (χ4n) is 1.75. The largest absolute Gasteiger partial charge is 0.609 e. The molecule has 0 aliphatic carbocycles. The van der Waals surface area contributed by atoms with Crippen molar-refractivity contribution in [2.45, 2.75) is 5.16 Å². The van der Waals surface area contributed by atoms with Crippen LogP contribution in [0.1, 0.15) is 0 Å². The zero-order chi connectivity index (χ0) is 11.1. The summed E-state index contributed by atoms with van der Waals surface area (Å²) in [5.41, 5.74) is 0.935. The van der Waals surface area contributed by atoms with E-state index in [4.69, 9.17) is 0 Å². The van der Waals surface area contributed by atoms with Gasteiger partial charge in [0.2, 0.25) is 0 Å². The van der Waals surface area contributed by atoms with Gasteiger partial charge in [-0.2, -0.15) is 4.98 Å². The highest BCUT2D eigenvalue weighted by Gasteiger charge is 2.11. The Morgan fingerprint density at radius 1 is 1.31 bits per heavy atom. The average Bonchev–Trinajstić information content (AvgIpc) is 2.66. The molecule has 3 aromatic rings. The summed E-state index contributed by atoms with van der Waals surface area (Å²) >= 11 is -1.15. The van der Waals surface area contributed by atoms with Crippen molar-refractivity contribution in [3.8, 4) is 0 Å². The lowest BCUT2D eigenvalue weighted by molar-refractivity contribution is 0.586. The Morgan fingerprint density at radius 3 is 2.94 bits per heavy atom. The number of nitrogens with zero attached hydrogens (tertiary/aromatic N) is 3. The summed E-state index contributed by atoms with van der Waals surface area (Å²) < 4.78 is 13.0. The molecule has 0 N–H and O–H groups in total. The van der Waals surface area contributed by atoms with Gasteiger partial charge in [0, 0.05) is 28.1 Å². The minimum atomic E-state index is -1.15. The van der Waals surface area contributed by atoms with E-state index < -0.39 is 11.2 Å². The van der Waals surface area contributed by atoms with Gasteiger partial charge >= 0.3 is 5.16 Å². The van der Waals surface area contributed by atoms with Gasteiger partial charge in [-0.1, -0.05) is 29.4 Å². The van der Waals surface area contributed by atoms with Crippen molar-refractivity contribution >= 4 is 27.5 Å². The highest BCUT2D eigenvalue weighted by molar-refractivity contribution is 7.90. The van der Waals surface area contributed by atoms with E-state index in [-0.39, 0.29) is 0 Å². The Morgan fingerprint density at radius 2 is 2.12 bits per heavy atom. The van der Waals surface area contributed by atoms with Gasteiger partial charge in [-0.05, 0) is 0 Å². The SMILES string of the molecule is C[S+]([O-])c1ncc2c3ccccc3cn2n1. The lowest BCUT2D eigenvalue weighted by Gasteiger charge is -2.01. The van der Waals surface area contributed by atoms with Crippen LogP contribution in [-0.4, -0.2) is 25.4 Å². The van der Waals surface area contributed by atoms with E-state index in [2.05, 4.69) is 10.1 Å². The molecular formula is C11H9N3OS. The number of hydrogen-bond donors (Lipinski definition) is 0. The molecule has 0 spiro atoms. The summed E-state index contributed by atoms with van der Waals surface area (Å²) in [5, 5.41) is 6.79. The highest BCUT2D eigenvalue weighted by atomic mass is 32.2. The van der Waals surface area contributed by atoms with Crippen molar-refractivity contribution in [1.82, 2.24) is 14.6 Å². The van der Waals surface area contributed by atoms with E-state index in [0.29, 0.717) is 5.16 Å². The second-order valence-electron chi connectivity index (χ2n) is 3.54. The third-order valence-electron chi connectivity index (χ3n) is 2.49. The molecule has 2 aromatic heterocycles. The third kappa shape index (κ3) is 1.36. The first-order valence-corrected chi connectivity index (χ1v) is 6.38. The first kappa shape index (κ1) is 9.62. The topological polar surface area (TPSA) is 53.2 Å². The molecule has 4 nitrogen and oxygen atoms in total. The van der Waals surface area contributed by atoms with Gasteiger partial charge in [0.25, 0.3) is 0 Å². The van der Waals surface area contributed by atoms with Crippen LogP contribution in [-0.2, 0) is 11.2 Å². The van der Waals surface area contributed by atoms with E-state index >= 15 is 0 Å². The molecule has 80 valence electrons.